The first-order valence-corrected chi connectivity index (χ1v) is 8.43. The van der Waals surface area contributed by atoms with Gasteiger partial charge in [0.25, 0.3) is 0 Å². The van der Waals surface area contributed by atoms with Gasteiger partial charge >= 0.3 is 5.97 Å². The van der Waals surface area contributed by atoms with Gasteiger partial charge in [-0.1, -0.05) is 24.6 Å². The standard InChI is InChI=1S/C17H20FNO2S/c1-2-21-17(20)15-12-22-16(19-15)11-5-3-4-8-13-9-6-7-10-14(13)18/h6-7,9-10,12H,2-5,8,11H2,1H3. The van der Waals surface area contributed by atoms with E-state index >= 15 is 0 Å². The van der Waals surface area contributed by atoms with Crippen LogP contribution in [-0.2, 0) is 17.6 Å². The van der Waals surface area contributed by atoms with Gasteiger partial charge in [0.2, 0.25) is 0 Å². The summed E-state index contributed by atoms with van der Waals surface area (Å²) < 4.78 is 18.4. The van der Waals surface area contributed by atoms with Gasteiger partial charge in [-0.05, 0) is 44.2 Å². The van der Waals surface area contributed by atoms with E-state index in [1.807, 2.05) is 12.1 Å². The molecule has 22 heavy (non-hydrogen) atoms. The van der Waals surface area contributed by atoms with Gasteiger partial charge in [0.05, 0.1) is 11.6 Å². The van der Waals surface area contributed by atoms with Gasteiger partial charge in [-0.2, -0.15) is 0 Å². The smallest absolute Gasteiger partial charge is 0.357 e. The molecule has 0 radical (unpaired) electrons. The minimum absolute atomic E-state index is 0.124. The topological polar surface area (TPSA) is 39.2 Å². The lowest BCUT2D eigenvalue weighted by Gasteiger charge is -2.02. The number of nitrogens with zero attached hydrogens (tertiary/aromatic N) is 1. The molecule has 0 unspecified atom stereocenters. The second-order valence-electron chi connectivity index (χ2n) is 5.00. The van der Waals surface area contributed by atoms with Crippen molar-refractivity contribution in [3.63, 3.8) is 0 Å². The van der Waals surface area contributed by atoms with E-state index in [9.17, 15) is 9.18 Å². The summed E-state index contributed by atoms with van der Waals surface area (Å²) in [6.07, 6.45) is 4.57. The van der Waals surface area contributed by atoms with Crippen molar-refractivity contribution in [2.45, 2.75) is 39.0 Å². The molecule has 0 atom stereocenters. The van der Waals surface area contributed by atoms with Crippen molar-refractivity contribution >= 4 is 17.3 Å². The van der Waals surface area contributed by atoms with Crippen LogP contribution in [0.4, 0.5) is 4.39 Å². The Labute approximate surface area is 134 Å². The SMILES string of the molecule is CCOC(=O)c1csc(CCCCCc2ccccc2F)n1. The number of carbonyl (C=O) groups excluding carboxylic acids is 1. The highest BCUT2D eigenvalue weighted by Gasteiger charge is 2.11. The maximum atomic E-state index is 13.5. The van der Waals surface area contributed by atoms with Crippen molar-refractivity contribution < 1.29 is 13.9 Å². The van der Waals surface area contributed by atoms with E-state index in [-0.39, 0.29) is 11.8 Å². The van der Waals surface area contributed by atoms with Gasteiger partial charge in [-0.15, -0.1) is 11.3 Å². The van der Waals surface area contributed by atoms with E-state index in [0.717, 1.165) is 42.7 Å². The lowest BCUT2D eigenvalue weighted by Crippen LogP contribution is -2.05. The monoisotopic (exact) mass is 321 g/mol. The van der Waals surface area contributed by atoms with Crippen molar-refractivity contribution in [2.75, 3.05) is 6.61 Å². The van der Waals surface area contributed by atoms with E-state index in [1.54, 1.807) is 18.4 Å². The van der Waals surface area contributed by atoms with Gasteiger partial charge in [-0.3, -0.25) is 0 Å². The Morgan fingerprint density at radius 3 is 2.77 bits per heavy atom. The Morgan fingerprint density at radius 2 is 2.00 bits per heavy atom. The maximum absolute atomic E-state index is 13.5. The molecule has 0 saturated carbocycles. The molecule has 0 spiro atoms. The molecule has 2 rings (SSSR count). The molecule has 0 amide bonds. The van der Waals surface area contributed by atoms with Gasteiger partial charge in [-0.25, -0.2) is 14.2 Å². The van der Waals surface area contributed by atoms with Crippen LogP contribution >= 0.6 is 11.3 Å². The molecular weight excluding hydrogens is 301 g/mol. The number of ether oxygens (including phenoxy) is 1. The average Bonchev–Trinajstić information content (AvgIpc) is 2.98. The number of halogens is 1. The summed E-state index contributed by atoms with van der Waals surface area (Å²) in [7, 11) is 0. The van der Waals surface area contributed by atoms with Crippen molar-refractivity contribution in [2.24, 2.45) is 0 Å². The molecule has 1 heterocycles. The maximum Gasteiger partial charge on any atom is 0.357 e. The molecule has 0 aliphatic rings. The second-order valence-corrected chi connectivity index (χ2v) is 5.94. The predicted molar refractivity (Wildman–Crippen MR) is 85.7 cm³/mol. The summed E-state index contributed by atoms with van der Waals surface area (Å²) in [5, 5.41) is 2.70. The summed E-state index contributed by atoms with van der Waals surface area (Å²) in [5.74, 6) is -0.481. The van der Waals surface area contributed by atoms with E-state index in [0.29, 0.717) is 12.3 Å². The number of thiazole rings is 1. The number of unbranched alkanes of at least 4 members (excludes halogenated alkanes) is 2. The molecule has 0 saturated heterocycles. The van der Waals surface area contributed by atoms with Crippen LogP contribution < -0.4 is 0 Å². The van der Waals surface area contributed by atoms with Crippen LogP contribution in [0.5, 0.6) is 0 Å². The third-order valence-corrected chi connectivity index (χ3v) is 4.24. The fourth-order valence-electron chi connectivity index (χ4n) is 2.19. The Bertz CT molecular complexity index is 612. The summed E-state index contributed by atoms with van der Waals surface area (Å²) in [4.78, 5) is 15.8. The number of esters is 1. The number of aryl methyl sites for hydroxylation is 2. The zero-order valence-electron chi connectivity index (χ0n) is 12.7. The predicted octanol–water partition coefficient (Wildman–Crippen LogP) is 4.41. The average molecular weight is 321 g/mol. The first kappa shape index (κ1) is 16.6. The van der Waals surface area contributed by atoms with E-state index < -0.39 is 0 Å². The minimum atomic E-state index is -0.357. The molecule has 1 aromatic heterocycles. The Morgan fingerprint density at radius 1 is 1.23 bits per heavy atom. The van der Waals surface area contributed by atoms with Crippen LogP contribution in [0.3, 0.4) is 0 Å². The van der Waals surface area contributed by atoms with Gasteiger partial charge < -0.3 is 4.74 Å². The number of aromatic nitrogens is 1. The molecule has 0 aliphatic heterocycles. The lowest BCUT2D eigenvalue weighted by atomic mass is 10.1. The normalized spacial score (nSPS) is 10.6. The third kappa shape index (κ3) is 4.91. The van der Waals surface area contributed by atoms with Gasteiger partial charge in [0.1, 0.15) is 5.82 Å². The highest BCUT2D eigenvalue weighted by atomic mass is 32.1. The Balaban J connectivity index is 1.69. The van der Waals surface area contributed by atoms with Crippen LogP contribution in [0.2, 0.25) is 0 Å². The van der Waals surface area contributed by atoms with Crippen LogP contribution in [0.1, 0.15) is 47.2 Å². The summed E-state index contributed by atoms with van der Waals surface area (Å²) in [6, 6.07) is 6.91. The van der Waals surface area contributed by atoms with E-state index in [1.165, 1.54) is 17.4 Å². The second kappa shape index (κ2) is 8.63. The number of hydrogen-bond donors (Lipinski definition) is 0. The molecule has 118 valence electrons. The first-order valence-electron chi connectivity index (χ1n) is 7.55. The number of hydrogen-bond acceptors (Lipinski definition) is 4. The van der Waals surface area contributed by atoms with Crippen molar-refractivity contribution in [1.29, 1.82) is 0 Å². The van der Waals surface area contributed by atoms with Crippen LogP contribution in [-0.4, -0.2) is 17.6 Å². The first-order chi connectivity index (χ1) is 10.7. The molecule has 0 N–H and O–H groups in total. The minimum Gasteiger partial charge on any atom is -0.461 e. The number of carbonyl (C=O) groups is 1. The lowest BCUT2D eigenvalue weighted by molar-refractivity contribution is 0.0520. The Kier molecular flexibility index (Phi) is 6.52. The Hall–Kier alpha value is -1.75. The van der Waals surface area contributed by atoms with E-state index in [4.69, 9.17) is 4.74 Å². The van der Waals surface area contributed by atoms with Gasteiger partial charge in [0, 0.05) is 5.38 Å². The zero-order chi connectivity index (χ0) is 15.8. The summed E-state index contributed by atoms with van der Waals surface area (Å²) >= 11 is 1.49. The van der Waals surface area contributed by atoms with Crippen LogP contribution in [0.25, 0.3) is 0 Å². The molecule has 1 aromatic carbocycles. The largest absolute Gasteiger partial charge is 0.461 e. The quantitative estimate of drug-likeness (QED) is 0.534. The molecular formula is C17H20FNO2S. The summed E-state index contributed by atoms with van der Waals surface area (Å²) in [6.45, 7) is 2.14. The molecule has 5 heteroatoms. The fraction of sp³-hybridized carbons (Fsp3) is 0.412. The van der Waals surface area contributed by atoms with Gasteiger partial charge in [0.15, 0.2) is 5.69 Å². The van der Waals surface area contributed by atoms with Crippen LogP contribution in [0.15, 0.2) is 29.6 Å². The van der Waals surface area contributed by atoms with Crippen molar-refractivity contribution in [1.82, 2.24) is 4.98 Å². The third-order valence-electron chi connectivity index (χ3n) is 3.33. The zero-order valence-corrected chi connectivity index (χ0v) is 13.5. The van der Waals surface area contributed by atoms with E-state index in [2.05, 4.69) is 4.98 Å². The highest BCUT2D eigenvalue weighted by Crippen LogP contribution is 2.16. The fourth-order valence-corrected chi connectivity index (χ4v) is 3.00. The van der Waals surface area contributed by atoms with Crippen LogP contribution in [0, 0.1) is 5.82 Å². The van der Waals surface area contributed by atoms with Crippen molar-refractivity contribution in [3.05, 3.63) is 51.7 Å². The number of rotatable bonds is 8. The molecule has 0 aliphatic carbocycles. The highest BCUT2D eigenvalue weighted by molar-refractivity contribution is 7.09. The number of benzene rings is 1. The summed E-state index contributed by atoms with van der Waals surface area (Å²) in [5.41, 5.74) is 1.18. The molecule has 0 fully saturated rings. The molecule has 2 aromatic rings. The molecule has 3 nitrogen and oxygen atoms in total. The van der Waals surface area contributed by atoms with Crippen molar-refractivity contribution in [3.8, 4) is 0 Å². The molecule has 0 bridgehead atoms.